The van der Waals surface area contributed by atoms with Crippen molar-refractivity contribution in [3.8, 4) is 11.3 Å². The van der Waals surface area contributed by atoms with E-state index >= 15 is 0 Å². The molecule has 4 rings (SSSR count). The lowest BCUT2D eigenvalue weighted by Crippen LogP contribution is -2.39. The molecule has 0 saturated heterocycles. The average molecular weight is 507 g/mol. The molecular formula is C28H34N4O3S. The fraction of sp³-hybridized carbons (Fsp3) is 0.393. The second-order valence-corrected chi connectivity index (χ2v) is 10.5. The lowest BCUT2D eigenvalue weighted by molar-refractivity contribution is -0.135. The van der Waals surface area contributed by atoms with E-state index in [1.54, 1.807) is 7.05 Å². The normalized spacial score (nSPS) is 13.8. The summed E-state index contributed by atoms with van der Waals surface area (Å²) in [6.45, 7) is 0.761. The fourth-order valence-corrected chi connectivity index (χ4v) is 5.52. The third-order valence-electron chi connectivity index (χ3n) is 6.74. The van der Waals surface area contributed by atoms with Crippen LogP contribution in [0.3, 0.4) is 0 Å². The second kappa shape index (κ2) is 12.0. The Morgan fingerprint density at radius 3 is 2.36 bits per heavy atom. The molecule has 7 nitrogen and oxygen atoms in total. The first-order valence-electron chi connectivity index (χ1n) is 12.4. The van der Waals surface area contributed by atoms with Gasteiger partial charge < -0.3 is 20.2 Å². The van der Waals surface area contributed by atoms with E-state index in [9.17, 15) is 9.59 Å². The topological polar surface area (TPSA) is 85.8 Å². The van der Waals surface area contributed by atoms with E-state index in [0.29, 0.717) is 6.54 Å². The largest absolute Gasteiger partial charge is 0.480 e. The first-order valence-corrected chi connectivity index (χ1v) is 13.3. The van der Waals surface area contributed by atoms with E-state index < -0.39 is 18.5 Å². The molecule has 0 unspecified atom stereocenters. The Bertz CT molecular complexity index is 1150. The zero-order valence-electron chi connectivity index (χ0n) is 20.9. The highest BCUT2D eigenvalue weighted by atomic mass is 32.1. The zero-order chi connectivity index (χ0) is 25.5. The Kier molecular flexibility index (Phi) is 8.59. The van der Waals surface area contributed by atoms with Gasteiger partial charge >= 0.3 is 12.0 Å². The number of amides is 2. The summed E-state index contributed by atoms with van der Waals surface area (Å²) in [4.78, 5) is 30.9. The first-order chi connectivity index (χ1) is 17.4. The van der Waals surface area contributed by atoms with E-state index in [1.165, 1.54) is 59.5 Å². The summed E-state index contributed by atoms with van der Waals surface area (Å²) in [5, 5.41) is 13.8. The van der Waals surface area contributed by atoms with Crippen molar-refractivity contribution in [2.24, 2.45) is 0 Å². The molecule has 1 fully saturated rings. The number of anilines is 1. The van der Waals surface area contributed by atoms with Gasteiger partial charge in [-0.05, 0) is 42.0 Å². The molecule has 1 heterocycles. The van der Waals surface area contributed by atoms with Crippen molar-refractivity contribution in [1.82, 2.24) is 15.2 Å². The monoisotopic (exact) mass is 506 g/mol. The van der Waals surface area contributed by atoms with Crippen LogP contribution in [0.5, 0.6) is 0 Å². The molecule has 190 valence electrons. The van der Waals surface area contributed by atoms with Crippen LogP contribution >= 0.6 is 11.3 Å². The molecule has 0 bridgehead atoms. The van der Waals surface area contributed by atoms with E-state index in [4.69, 9.17) is 5.11 Å². The number of aliphatic carboxylic acids is 1. The minimum absolute atomic E-state index is 0.316. The Balaban J connectivity index is 1.32. The van der Waals surface area contributed by atoms with Gasteiger partial charge in [0.15, 0.2) is 0 Å². The van der Waals surface area contributed by atoms with Crippen molar-refractivity contribution in [3.05, 3.63) is 70.0 Å². The predicted molar refractivity (Wildman–Crippen MR) is 144 cm³/mol. The van der Waals surface area contributed by atoms with Crippen LogP contribution in [0.25, 0.3) is 11.3 Å². The molecule has 1 saturated carbocycles. The van der Waals surface area contributed by atoms with Crippen LogP contribution in [0.2, 0.25) is 0 Å². The Labute approximate surface area is 216 Å². The number of carbonyl (C=O) groups excluding carboxylic acids is 1. The molecule has 0 atom stereocenters. The van der Waals surface area contributed by atoms with Crippen LogP contribution in [-0.2, 0) is 17.9 Å². The number of thiazole rings is 1. The molecule has 3 aromatic rings. The van der Waals surface area contributed by atoms with Crippen LogP contribution in [0, 0.1) is 0 Å². The van der Waals surface area contributed by atoms with Crippen molar-refractivity contribution >= 4 is 29.0 Å². The molecule has 2 amide bonds. The van der Waals surface area contributed by atoms with Crippen LogP contribution < -0.4 is 10.2 Å². The molecular weight excluding hydrogens is 472 g/mol. The highest BCUT2D eigenvalue weighted by Crippen LogP contribution is 2.33. The molecule has 8 heteroatoms. The first kappa shape index (κ1) is 25.7. The van der Waals surface area contributed by atoms with Crippen molar-refractivity contribution in [2.45, 2.75) is 51.1 Å². The van der Waals surface area contributed by atoms with Crippen LogP contribution in [-0.4, -0.2) is 47.6 Å². The quantitative estimate of drug-likeness (QED) is 0.388. The number of carboxylic acids is 1. The van der Waals surface area contributed by atoms with Gasteiger partial charge in [0.2, 0.25) is 0 Å². The predicted octanol–water partition coefficient (Wildman–Crippen LogP) is 5.72. The number of carbonyl (C=O) groups is 2. The van der Waals surface area contributed by atoms with Gasteiger partial charge in [-0.2, -0.15) is 0 Å². The highest BCUT2D eigenvalue weighted by molar-refractivity contribution is 7.09. The summed E-state index contributed by atoms with van der Waals surface area (Å²) in [6, 6.07) is 17.1. The van der Waals surface area contributed by atoms with Crippen LogP contribution in [0.1, 0.15) is 54.2 Å². The Hall–Kier alpha value is -3.39. The summed E-state index contributed by atoms with van der Waals surface area (Å²) < 4.78 is 0. The number of hydrogen-bond donors (Lipinski definition) is 2. The van der Waals surface area contributed by atoms with Gasteiger partial charge in [-0.25, -0.2) is 9.78 Å². The maximum absolute atomic E-state index is 12.0. The lowest BCUT2D eigenvalue weighted by Gasteiger charge is -2.23. The Morgan fingerprint density at radius 1 is 1.00 bits per heavy atom. The summed E-state index contributed by atoms with van der Waals surface area (Å²) in [5.41, 5.74) is 5.81. The molecule has 0 radical (unpaired) electrons. The highest BCUT2D eigenvalue weighted by Gasteiger charge is 2.16. The standard InChI is InChI=1S/C28H34N4O3S/c1-31(17-20-8-10-22(11-9-20)21-6-4-3-5-7-21)24-14-12-23(13-15-24)25-19-36-26(30-25)18-32(2)28(35)29-16-27(33)34/h8-15,19,21H,3-7,16-18H2,1-2H3,(H,29,35)(H,33,34). The molecule has 36 heavy (non-hydrogen) atoms. The SMILES string of the molecule is CN(Cc1nc(-c2ccc(N(C)Cc3ccc(C4CCCCC4)cc3)cc2)cs1)C(=O)NCC(=O)O. The summed E-state index contributed by atoms with van der Waals surface area (Å²) in [7, 11) is 3.72. The van der Waals surface area contributed by atoms with Gasteiger partial charge in [0.05, 0.1) is 12.2 Å². The minimum atomic E-state index is -1.07. The second-order valence-electron chi connectivity index (χ2n) is 9.51. The number of rotatable bonds is 9. The van der Waals surface area contributed by atoms with E-state index in [-0.39, 0.29) is 0 Å². The third-order valence-corrected chi connectivity index (χ3v) is 7.58. The number of benzene rings is 2. The van der Waals surface area contributed by atoms with Gasteiger partial charge in [-0.3, -0.25) is 4.79 Å². The van der Waals surface area contributed by atoms with Gasteiger partial charge in [-0.15, -0.1) is 11.3 Å². The van der Waals surface area contributed by atoms with Crippen molar-refractivity contribution in [1.29, 1.82) is 0 Å². The number of aromatic nitrogens is 1. The van der Waals surface area contributed by atoms with E-state index in [0.717, 1.165) is 34.4 Å². The van der Waals surface area contributed by atoms with Gasteiger partial charge in [0, 0.05) is 37.3 Å². The summed E-state index contributed by atoms with van der Waals surface area (Å²) in [5.74, 6) is -0.339. The average Bonchev–Trinajstić information content (AvgIpc) is 3.36. The van der Waals surface area contributed by atoms with Gasteiger partial charge in [0.25, 0.3) is 0 Å². The Morgan fingerprint density at radius 2 is 1.69 bits per heavy atom. The lowest BCUT2D eigenvalue weighted by atomic mass is 9.84. The van der Waals surface area contributed by atoms with Crippen molar-refractivity contribution in [2.75, 3.05) is 25.5 Å². The smallest absolute Gasteiger partial charge is 0.323 e. The van der Waals surface area contributed by atoms with E-state index in [2.05, 4.69) is 70.8 Å². The van der Waals surface area contributed by atoms with E-state index in [1.807, 2.05) is 5.38 Å². The molecule has 1 aromatic heterocycles. The number of nitrogens with zero attached hydrogens (tertiary/aromatic N) is 3. The zero-order valence-corrected chi connectivity index (χ0v) is 21.8. The number of hydrogen-bond acceptors (Lipinski definition) is 5. The number of urea groups is 1. The number of carboxylic acid groups (broad SMARTS) is 1. The number of nitrogens with one attached hydrogen (secondary N) is 1. The molecule has 0 spiro atoms. The molecule has 2 aromatic carbocycles. The molecule has 0 aliphatic heterocycles. The molecule has 2 N–H and O–H groups in total. The van der Waals surface area contributed by atoms with Gasteiger partial charge in [-0.1, -0.05) is 55.7 Å². The summed E-state index contributed by atoms with van der Waals surface area (Å²) in [6.07, 6.45) is 6.75. The third kappa shape index (κ3) is 6.85. The van der Waals surface area contributed by atoms with Crippen LogP contribution in [0.15, 0.2) is 53.9 Å². The summed E-state index contributed by atoms with van der Waals surface area (Å²) >= 11 is 1.48. The van der Waals surface area contributed by atoms with Crippen molar-refractivity contribution < 1.29 is 14.7 Å². The minimum Gasteiger partial charge on any atom is -0.480 e. The maximum atomic E-state index is 12.0. The molecule has 1 aliphatic rings. The van der Waals surface area contributed by atoms with Gasteiger partial charge in [0.1, 0.15) is 11.6 Å². The fourth-order valence-electron chi connectivity index (χ4n) is 4.66. The maximum Gasteiger partial charge on any atom is 0.323 e. The van der Waals surface area contributed by atoms with Crippen LogP contribution in [0.4, 0.5) is 10.5 Å². The molecule has 1 aliphatic carbocycles. The van der Waals surface area contributed by atoms with Crippen molar-refractivity contribution in [3.63, 3.8) is 0 Å².